The van der Waals surface area contributed by atoms with Crippen LogP contribution >= 0.6 is 11.3 Å². The molecule has 2 atom stereocenters. The lowest BCUT2D eigenvalue weighted by Crippen LogP contribution is -2.56. The Hall–Kier alpha value is -0.470. The Morgan fingerprint density at radius 2 is 1.95 bits per heavy atom. The van der Waals surface area contributed by atoms with Crippen molar-refractivity contribution in [1.29, 1.82) is 0 Å². The van der Waals surface area contributed by atoms with Gasteiger partial charge in [-0.1, -0.05) is 0 Å². The molecule has 0 spiro atoms. The SMILES string of the molecule is CC1CN(S(=O)(=O)c2csc(CN)c2)CC(C)N1C. The molecule has 2 rings (SSSR count). The lowest BCUT2D eigenvalue weighted by Gasteiger charge is -2.41. The maximum Gasteiger partial charge on any atom is 0.244 e. The van der Waals surface area contributed by atoms with Gasteiger partial charge >= 0.3 is 0 Å². The first-order valence-corrected chi connectivity index (χ1v) is 8.67. The fourth-order valence-corrected chi connectivity index (χ4v) is 5.05. The highest BCUT2D eigenvalue weighted by atomic mass is 32.2. The molecular formula is C12H21N3O2S2. The van der Waals surface area contributed by atoms with Crippen LogP contribution in [0.1, 0.15) is 18.7 Å². The number of hydrogen-bond acceptors (Lipinski definition) is 5. The van der Waals surface area contributed by atoms with Gasteiger partial charge in [-0.2, -0.15) is 4.31 Å². The monoisotopic (exact) mass is 303 g/mol. The average molecular weight is 303 g/mol. The second-order valence-corrected chi connectivity index (χ2v) is 8.07. The average Bonchev–Trinajstić information content (AvgIpc) is 2.84. The van der Waals surface area contributed by atoms with Gasteiger partial charge in [0.2, 0.25) is 10.0 Å². The van der Waals surface area contributed by atoms with Crippen LogP contribution in [0.2, 0.25) is 0 Å². The number of sulfonamides is 1. The summed E-state index contributed by atoms with van der Waals surface area (Å²) < 4.78 is 26.8. The summed E-state index contributed by atoms with van der Waals surface area (Å²) in [6.07, 6.45) is 0. The lowest BCUT2D eigenvalue weighted by molar-refractivity contribution is 0.105. The van der Waals surface area contributed by atoms with Gasteiger partial charge in [0.1, 0.15) is 0 Å². The Balaban J connectivity index is 2.25. The normalized spacial score (nSPS) is 26.7. The predicted octanol–water partition coefficient (Wildman–Crippen LogP) is 0.920. The zero-order chi connectivity index (χ0) is 14.2. The van der Waals surface area contributed by atoms with Crippen LogP contribution in [0.4, 0.5) is 0 Å². The van der Waals surface area contributed by atoms with E-state index in [9.17, 15) is 8.42 Å². The summed E-state index contributed by atoms with van der Waals surface area (Å²) >= 11 is 1.40. The molecule has 7 heteroatoms. The van der Waals surface area contributed by atoms with Gasteiger partial charge in [0.25, 0.3) is 0 Å². The summed E-state index contributed by atoms with van der Waals surface area (Å²) in [5.41, 5.74) is 5.54. The van der Waals surface area contributed by atoms with Gasteiger partial charge in [-0.15, -0.1) is 11.3 Å². The topological polar surface area (TPSA) is 66.6 Å². The van der Waals surface area contributed by atoms with E-state index in [-0.39, 0.29) is 12.1 Å². The van der Waals surface area contributed by atoms with E-state index in [1.807, 2.05) is 7.05 Å². The first-order chi connectivity index (χ1) is 8.86. The molecule has 108 valence electrons. The zero-order valence-electron chi connectivity index (χ0n) is 11.5. The van der Waals surface area contributed by atoms with Crippen molar-refractivity contribution in [3.05, 3.63) is 16.3 Å². The summed E-state index contributed by atoms with van der Waals surface area (Å²) in [6, 6.07) is 2.14. The Morgan fingerprint density at radius 1 is 1.37 bits per heavy atom. The third-order valence-electron chi connectivity index (χ3n) is 3.79. The van der Waals surface area contributed by atoms with Crippen LogP contribution in [0, 0.1) is 0 Å². The van der Waals surface area contributed by atoms with E-state index in [1.54, 1.807) is 15.8 Å². The Labute approximate surface area is 119 Å². The highest BCUT2D eigenvalue weighted by Crippen LogP contribution is 2.25. The molecule has 1 aliphatic heterocycles. The molecule has 5 nitrogen and oxygen atoms in total. The van der Waals surface area contributed by atoms with Crippen molar-refractivity contribution in [3.8, 4) is 0 Å². The molecule has 0 aromatic carbocycles. The molecule has 2 heterocycles. The standard InChI is InChI=1S/C12H21N3O2S2/c1-9-6-15(7-10(2)14(9)3)19(16,17)12-4-11(5-13)18-8-12/h4,8-10H,5-7,13H2,1-3H3. The number of rotatable bonds is 3. The van der Waals surface area contributed by atoms with Gasteiger partial charge in [0, 0.05) is 42.0 Å². The maximum atomic E-state index is 12.6. The van der Waals surface area contributed by atoms with Gasteiger partial charge < -0.3 is 5.73 Å². The summed E-state index contributed by atoms with van der Waals surface area (Å²) in [5.74, 6) is 0. The van der Waals surface area contributed by atoms with Crippen LogP contribution in [-0.4, -0.2) is 49.8 Å². The summed E-state index contributed by atoms with van der Waals surface area (Å²) in [4.78, 5) is 3.49. The minimum atomic E-state index is -3.38. The molecule has 1 aromatic rings. The van der Waals surface area contributed by atoms with Gasteiger partial charge in [-0.05, 0) is 27.0 Å². The van der Waals surface area contributed by atoms with Gasteiger partial charge in [0.05, 0.1) is 4.90 Å². The third kappa shape index (κ3) is 2.85. The smallest absolute Gasteiger partial charge is 0.244 e. The summed E-state index contributed by atoms with van der Waals surface area (Å²) in [6.45, 7) is 5.57. The van der Waals surface area contributed by atoms with Crippen molar-refractivity contribution >= 4 is 21.4 Å². The Morgan fingerprint density at radius 3 is 2.42 bits per heavy atom. The zero-order valence-corrected chi connectivity index (χ0v) is 13.2. The minimum absolute atomic E-state index is 0.228. The van der Waals surface area contributed by atoms with Gasteiger partial charge in [-0.25, -0.2) is 8.42 Å². The van der Waals surface area contributed by atoms with E-state index in [0.717, 1.165) is 4.88 Å². The van der Waals surface area contributed by atoms with E-state index >= 15 is 0 Å². The molecule has 2 unspecified atom stereocenters. The molecular weight excluding hydrogens is 282 g/mol. The van der Waals surface area contributed by atoms with E-state index in [2.05, 4.69) is 18.7 Å². The van der Waals surface area contributed by atoms with Crippen LogP contribution in [0.15, 0.2) is 16.3 Å². The molecule has 0 amide bonds. The second-order valence-electron chi connectivity index (χ2n) is 5.14. The molecule has 1 aromatic heterocycles. The molecule has 0 saturated carbocycles. The molecule has 0 bridgehead atoms. The first-order valence-electron chi connectivity index (χ1n) is 6.35. The van der Waals surface area contributed by atoms with Crippen LogP contribution in [0.25, 0.3) is 0 Å². The van der Waals surface area contributed by atoms with E-state index in [4.69, 9.17) is 5.73 Å². The number of likely N-dealkylation sites (N-methyl/N-ethyl adjacent to an activating group) is 1. The number of nitrogens with two attached hydrogens (primary N) is 1. The van der Waals surface area contributed by atoms with Crippen molar-refractivity contribution in [2.45, 2.75) is 37.4 Å². The molecule has 1 saturated heterocycles. The maximum absolute atomic E-state index is 12.6. The predicted molar refractivity (Wildman–Crippen MR) is 77.7 cm³/mol. The highest BCUT2D eigenvalue weighted by molar-refractivity contribution is 7.89. The van der Waals surface area contributed by atoms with Crippen LogP contribution < -0.4 is 5.73 Å². The van der Waals surface area contributed by atoms with E-state index in [1.165, 1.54) is 11.3 Å². The van der Waals surface area contributed by atoms with Crippen molar-refractivity contribution in [2.24, 2.45) is 5.73 Å². The molecule has 2 N–H and O–H groups in total. The number of nitrogens with zero attached hydrogens (tertiary/aromatic N) is 2. The van der Waals surface area contributed by atoms with Crippen molar-refractivity contribution in [1.82, 2.24) is 9.21 Å². The quantitative estimate of drug-likeness (QED) is 0.902. The summed E-state index contributed by atoms with van der Waals surface area (Å²) in [5, 5.41) is 1.69. The van der Waals surface area contributed by atoms with Gasteiger partial charge in [0.15, 0.2) is 0 Å². The van der Waals surface area contributed by atoms with Crippen LogP contribution in [-0.2, 0) is 16.6 Å². The summed E-state index contributed by atoms with van der Waals surface area (Å²) in [7, 11) is -1.34. The van der Waals surface area contributed by atoms with Crippen LogP contribution in [0.5, 0.6) is 0 Å². The lowest BCUT2D eigenvalue weighted by atomic mass is 10.1. The Bertz CT molecular complexity index is 529. The van der Waals surface area contributed by atoms with Crippen molar-refractivity contribution < 1.29 is 8.42 Å². The molecule has 0 aliphatic carbocycles. The minimum Gasteiger partial charge on any atom is -0.326 e. The highest BCUT2D eigenvalue weighted by Gasteiger charge is 2.34. The second kappa shape index (κ2) is 5.49. The van der Waals surface area contributed by atoms with Crippen molar-refractivity contribution in [2.75, 3.05) is 20.1 Å². The van der Waals surface area contributed by atoms with Crippen molar-refractivity contribution in [3.63, 3.8) is 0 Å². The first kappa shape index (κ1) is 14.9. The number of piperazine rings is 1. The van der Waals surface area contributed by atoms with E-state index < -0.39 is 10.0 Å². The molecule has 1 aliphatic rings. The molecule has 0 radical (unpaired) electrons. The van der Waals surface area contributed by atoms with Gasteiger partial charge in [-0.3, -0.25) is 4.90 Å². The fraction of sp³-hybridized carbons (Fsp3) is 0.667. The fourth-order valence-electron chi connectivity index (χ4n) is 2.30. The largest absolute Gasteiger partial charge is 0.326 e. The van der Waals surface area contributed by atoms with Crippen LogP contribution in [0.3, 0.4) is 0 Å². The molecule has 19 heavy (non-hydrogen) atoms. The van der Waals surface area contributed by atoms with E-state index in [0.29, 0.717) is 24.5 Å². The Kier molecular flexibility index (Phi) is 4.32. The number of hydrogen-bond donors (Lipinski definition) is 1. The third-order valence-corrected chi connectivity index (χ3v) is 6.71. The number of thiophene rings is 1. The molecule has 1 fully saturated rings.